The smallest absolute Gasteiger partial charge is 0.337 e. The van der Waals surface area contributed by atoms with Crippen LogP contribution in [0.15, 0.2) is 28.8 Å². The number of aromatic nitrogens is 2. The normalized spacial score (nSPS) is 21.1. The summed E-state index contributed by atoms with van der Waals surface area (Å²) in [6.45, 7) is 0.654. The molecule has 1 aliphatic carbocycles. The molecule has 1 amide bonds. The number of alkyl halides is 3. The van der Waals surface area contributed by atoms with E-state index in [0.717, 1.165) is 50.7 Å². The second-order valence-electron chi connectivity index (χ2n) is 7.21. The highest BCUT2D eigenvalue weighted by Gasteiger charge is 2.38. The molecule has 2 heterocycles. The summed E-state index contributed by atoms with van der Waals surface area (Å²) in [6, 6.07) is 4.55. The van der Waals surface area contributed by atoms with E-state index in [4.69, 9.17) is 4.52 Å². The maximum Gasteiger partial charge on any atom is 0.416 e. The van der Waals surface area contributed by atoms with E-state index < -0.39 is 11.7 Å². The molecule has 2 aliphatic rings. The van der Waals surface area contributed by atoms with Gasteiger partial charge in [0.15, 0.2) is 0 Å². The van der Waals surface area contributed by atoms with Crippen LogP contribution in [0.4, 0.5) is 13.2 Å². The van der Waals surface area contributed by atoms with Gasteiger partial charge < -0.3 is 9.42 Å². The standard InChI is InChI=1S/C19H20F3N3O2/c20-19(21,22)14-8-3-7-13(11-14)16-23-17(27-24-16)15-9-4-10-25(15)18(26)12-5-1-2-6-12/h3,7-8,11-12,15H,1-2,4-6,9-10H2/t15-/m1/s1. The number of likely N-dealkylation sites (tertiary alicyclic amines) is 1. The quantitative estimate of drug-likeness (QED) is 0.781. The van der Waals surface area contributed by atoms with Gasteiger partial charge in [-0.25, -0.2) is 0 Å². The monoisotopic (exact) mass is 379 g/mol. The fraction of sp³-hybridized carbons (Fsp3) is 0.526. The first kappa shape index (κ1) is 18.0. The predicted molar refractivity (Wildman–Crippen MR) is 90.4 cm³/mol. The van der Waals surface area contributed by atoms with Crippen molar-refractivity contribution in [3.05, 3.63) is 35.7 Å². The first-order valence-corrected chi connectivity index (χ1v) is 9.25. The molecule has 1 aliphatic heterocycles. The summed E-state index contributed by atoms with van der Waals surface area (Å²) in [5.41, 5.74) is -0.517. The van der Waals surface area contributed by atoms with Crippen LogP contribution < -0.4 is 0 Å². The molecule has 4 rings (SSSR count). The molecule has 27 heavy (non-hydrogen) atoms. The third kappa shape index (κ3) is 3.57. The Kier molecular flexibility index (Phi) is 4.65. The molecule has 0 radical (unpaired) electrons. The Bertz CT molecular complexity index is 828. The van der Waals surface area contributed by atoms with Gasteiger partial charge in [0.2, 0.25) is 17.6 Å². The van der Waals surface area contributed by atoms with Crippen LogP contribution in [-0.2, 0) is 11.0 Å². The maximum atomic E-state index is 12.9. The van der Waals surface area contributed by atoms with Gasteiger partial charge in [0, 0.05) is 18.0 Å². The topological polar surface area (TPSA) is 59.2 Å². The van der Waals surface area contributed by atoms with E-state index in [0.29, 0.717) is 12.4 Å². The van der Waals surface area contributed by atoms with Gasteiger partial charge in [-0.15, -0.1) is 0 Å². The highest BCUT2D eigenvalue weighted by molar-refractivity contribution is 5.79. The van der Waals surface area contributed by atoms with Crippen molar-refractivity contribution in [1.29, 1.82) is 0 Å². The van der Waals surface area contributed by atoms with Crippen LogP contribution in [0.2, 0.25) is 0 Å². The second kappa shape index (κ2) is 6.98. The number of benzene rings is 1. The number of carbonyl (C=O) groups excluding carboxylic acids is 1. The average Bonchev–Trinajstić information content (AvgIpc) is 3.41. The zero-order valence-electron chi connectivity index (χ0n) is 14.7. The highest BCUT2D eigenvalue weighted by atomic mass is 19.4. The molecule has 144 valence electrons. The van der Waals surface area contributed by atoms with Gasteiger partial charge in [-0.2, -0.15) is 18.2 Å². The first-order valence-electron chi connectivity index (χ1n) is 9.25. The third-order valence-corrected chi connectivity index (χ3v) is 5.42. The summed E-state index contributed by atoms with van der Waals surface area (Å²) in [5.74, 6) is 0.604. The fourth-order valence-corrected chi connectivity index (χ4v) is 4.02. The van der Waals surface area contributed by atoms with Crippen molar-refractivity contribution in [3.8, 4) is 11.4 Å². The van der Waals surface area contributed by atoms with Crippen molar-refractivity contribution in [3.63, 3.8) is 0 Å². The molecule has 1 atom stereocenters. The number of rotatable bonds is 3. The Morgan fingerprint density at radius 3 is 2.67 bits per heavy atom. The number of carbonyl (C=O) groups is 1. The molecule has 0 N–H and O–H groups in total. The highest BCUT2D eigenvalue weighted by Crippen LogP contribution is 2.37. The van der Waals surface area contributed by atoms with Crippen molar-refractivity contribution in [1.82, 2.24) is 15.0 Å². The molecule has 0 spiro atoms. The Balaban J connectivity index is 1.56. The molecule has 0 bridgehead atoms. The van der Waals surface area contributed by atoms with Gasteiger partial charge in [-0.1, -0.05) is 30.1 Å². The zero-order valence-corrected chi connectivity index (χ0v) is 14.7. The average molecular weight is 379 g/mol. The molecular formula is C19H20F3N3O2. The van der Waals surface area contributed by atoms with Crippen LogP contribution in [0.5, 0.6) is 0 Å². The van der Waals surface area contributed by atoms with Gasteiger partial charge in [0.25, 0.3) is 0 Å². The Labute approximate surface area is 154 Å². The van der Waals surface area contributed by atoms with Crippen molar-refractivity contribution >= 4 is 5.91 Å². The molecule has 5 nitrogen and oxygen atoms in total. The van der Waals surface area contributed by atoms with E-state index in [1.807, 2.05) is 0 Å². The lowest BCUT2D eigenvalue weighted by Gasteiger charge is -2.24. The minimum Gasteiger partial charge on any atom is -0.337 e. The molecule has 2 fully saturated rings. The van der Waals surface area contributed by atoms with Gasteiger partial charge in [0.1, 0.15) is 6.04 Å². The second-order valence-corrected chi connectivity index (χ2v) is 7.21. The summed E-state index contributed by atoms with van der Waals surface area (Å²) < 4.78 is 44.1. The first-order chi connectivity index (χ1) is 12.9. The molecule has 1 aromatic carbocycles. The summed E-state index contributed by atoms with van der Waals surface area (Å²) in [4.78, 5) is 18.9. The Hall–Kier alpha value is -2.38. The van der Waals surface area contributed by atoms with Crippen LogP contribution in [0.25, 0.3) is 11.4 Å². The van der Waals surface area contributed by atoms with E-state index in [-0.39, 0.29) is 29.3 Å². The fourth-order valence-electron chi connectivity index (χ4n) is 4.02. The van der Waals surface area contributed by atoms with Gasteiger partial charge in [-0.3, -0.25) is 4.79 Å². The zero-order chi connectivity index (χ0) is 19.0. The predicted octanol–water partition coefficient (Wildman–Crippen LogP) is 4.61. The Morgan fingerprint density at radius 2 is 1.93 bits per heavy atom. The lowest BCUT2D eigenvalue weighted by molar-refractivity contribution is -0.138. The van der Waals surface area contributed by atoms with E-state index in [1.54, 1.807) is 4.90 Å². The summed E-state index contributed by atoms with van der Waals surface area (Å²) >= 11 is 0. The van der Waals surface area contributed by atoms with Crippen LogP contribution in [-0.4, -0.2) is 27.5 Å². The number of amides is 1. The molecule has 2 aromatic rings. The maximum absolute atomic E-state index is 12.9. The molecular weight excluding hydrogens is 359 g/mol. The molecule has 1 saturated carbocycles. The van der Waals surface area contributed by atoms with Crippen molar-refractivity contribution < 1.29 is 22.5 Å². The van der Waals surface area contributed by atoms with E-state index in [1.165, 1.54) is 12.1 Å². The van der Waals surface area contributed by atoms with Gasteiger partial charge in [-0.05, 0) is 37.8 Å². The van der Waals surface area contributed by atoms with E-state index in [9.17, 15) is 18.0 Å². The number of halogens is 3. The lowest BCUT2D eigenvalue weighted by Crippen LogP contribution is -2.35. The lowest BCUT2D eigenvalue weighted by atomic mass is 10.1. The number of nitrogens with zero attached hydrogens (tertiary/aromatic N) is 3. The summed E-state index contributed by atoms with van der Waals surface area (Å²) in [5, 5.41) is 3.85. The van der Waals surface area contributed by atoms with Gasteiger partial charge >= 0.3 is 6.18 Å². The third-order valence-electron chi connectivity index (χ3n) is 5.42. The van der Waals surface area contributed by atoms with Crippen molar-refractivity contribution in [2.45, 2.75) is 50.7 Å². The van der Waals surface area contributed by atoms with Crippen LogP contribution in [0.3, 0.4) is 0 Å². The molecule has 1 saturated heterocycles. The van der Waals surface area contributed by atoms with Crippen LogP contribution in [0.1, 0.15) is 56.0 Å². The molecule has 0 unspecified atom stereocenters. The molecule has 1 aromatic heterocycles. The SMILES string of the molecule is O=C(C1CCCC1)N1CCC[C@@H]1c1nc(-c2cccc(C(F)(F)F)c2)no1. The van der Waals surface area contributed by atoms with Crippen LogP contribution in [0, 0.1) is 5.92 Å². The van der Waals surface area contributed by atoms with Gasteiger partial charge in [0.05, 0.1) is 5.56 Å². The summed E-state index contributed by atoms with van der Waals surface area (Å²) in [6.07, 6.45) is 1.14. The van der Waals surface area contributed by atoms with Crippen molar-refractivity contribution in [2.75, 3.05) is 6.54 Å². The van der Waals surface area contributed by atoms with E-state index >= 15 is 0 Å². The number of hydrogen-bond acceptors (Lipinski definition) is 4. The minimum atomic E-state index is -4.43. The number of hydrogen-bond donors (Lipinski definition) is 0. The minimum absolute atomic E-state index is 0.0662. The Morgan fingerprint density at radius 1 is 1.15 bits per heavy atom. The van der Waals surface area contributed by atoms with Crippen LogP contribution >= 0.6 is 0 Å². The summed E-state index contributed by atoms with van der Waals surface area (Å²) in [7, 11) is 0. The van der Waals surface area contributed by atoms with E-state index in [2.05, 4.69) is 10.1 Å². The van der Waals surface area contributed by atoms with Crippen molar-refractivity contribution in [2.24, 2.45) is 5.92 Å². The largest absolute Gasteiger partial charge is 0.416 e. The molecule has 8 heteroatoms.